The van der Waals surface area contributed by atoms with E-state index < -0.39 is 26.7 Å². The zero-order valence-electron chi connectivity index (χ0n) is 11.8. The number of halogens is 1. The Balaban J connectivity index is 3.09. The summed E-state index contributed by atoms with van der Waals surface area (Å²) in [5, 5.41) is 7.53. The van der Waals surface area contributed by atoms with Gasteiger partial charge < -0.3 is 5.32 Å². The summed E-state index contributed by atoms with van der Waals surface area (Å²) in [7, 11) is -4.95. The first-order valence-electron chi connectivity index (χ1n) is 5.97. The van der Waals surface area contributed by atoms with E-state index in [1.165, 1.54) is 12.1 Å². The average Bonchev–Trinajstić information content (AvgIpc) is 2.37. The van der Waals surface area contributed by atoms with Crippen LogP contribution in [0.4, 0.5) is 0 Å². The van der Waals surface area contributed by atoms with Crippen molar-refractivity contribution in [2.75, 3.05) is 12.8 Å². The number of benzene rings is 1. The largest absolute Gasteiger partial charge is 0.351 e. The molecule has 0 saturated heterocycles. The third kappa shape index (κ3) is 4.87. The molecule has 0 spiro atoms. The average molecular weight is 397 g/mol. The highest BCUT2D eigenvalue weighted by atomic mass is 79.9. The van der Waals surface area contributed by atoms with Crippen LogP contribution in [0.25, 0.3) is 0 Å². The van der Waals surface area contributed by atoms with E-state index in [9.17, 15) is 17.4 Å². The minimum atomic E-state index is -3.90. The van der Waals surface area contributed by atoms with Crippen molar-refractivity contribution >= 4 is 42.7 Å². The van der Waals surface area contributed by atoms with E-state index in [1.54, 1.807) is 20.1 Å². The quantitative estimate of drug-likeness (QED) is 0.770. The predicted molar refractivity (Wildman–Crippen MR) is 86.1 cm³/mol. The molecule has 1 amide bonds. The van der Waals surface area contributed by atoms with Crippen molar-refractivity contribution in [2.24, 2.45) is 5.14 Å². The number of hydrogen-bond donors (Lipinski definition) is 2. The van der Waals surface area contributed by atoms with E-state index >= 15 is 0 Å². The van der Waals surface area contributed by atoms with E-state index in [-0.39, 0.29) is 22.3 Å². The van der Waals surface area contributed by atoms with Crippen LogP contribution in [0.2, 0.25) is 0 Å². The van der Waals surface area contributed by atoms with Gasteiger partial charge in [0.1, 0.15) is 0 Å². The van der Waals surface area contributed by atoms with Gasteiger partial charge >= 0.3 is 0 Å². The Labute approximate surface area is 135 Å². The Morgan fingerprint density at radius 2 is 2.05 bits per heavy atom. The van der Waals surface area contributed by atoms with Gasteiger partial charge in [0.25, 0.3) is 5.91 Å². The van der Waals surface area contributed by atoms with Crippen molar-refractivity contribution in [3.05, 3.63) is 27.7 Å². The highest BCUT2D eigenvalue weighted by Crippen LogP contribution is 2.24. The second-order valence-corrected chi connectivity index (χ2v) is 8.86. The Bertz CT molecular complexity index is 689. The van der Waals surface area contributed by atoms with Gasteiger partial charge in [0, 0.05) is 38.9 Å². The summed E-state index contributed by atoms with van der Waals surface area (Å²) in [5.74, 6) is -0.434. The van der Waals surface area contributed by atoms with Gasteiger partial charge in [0.05, 0.1) is 4.90 Å². The predicted octanol–water partition coefficient (Wildman–Crippen LogP) is 0.902. The third-order valence-corrected chi connectivity index (χ3v) is 6.02. The van der Waals surface area contributed by atoms with Crippen LogP contribution in [0.3, 0.4) is 0 Å². The zero-order valence-corrected chi connectivity index (χ0v) is 15.1. The lowest BCUT2D eigenvalue weighted by Gasteiger charge is -2.13. The van der Waals surface area contributed by atoms with Gasteiger partial charge in [0.15, 0.2) is 0 Å². The fourth-order valence-electron chi connectivity index (χ4n) is 1.50. The standard InChI is InChI=1S/C12H17BrN2O4S2/c1-7(20(3)17)6-15-12(16)10-4-9(21(14,18)19)5-11(13)8(10)2/h4-5,7H,6H2,1-3H3,(H,15,16)(H2,14,18,19). The highest BCUT2D eigenvalue weighted by molar-refractivity contribution is 9.10. The number of carbonyl (C=O) groups excluding carboxylic acids is 1. The van der Waals surface area contributed by atoms with Crippen molar-refractivity contribution in [1.82, 2.24) is 5.32 Å². The first-order chi connectivity index (χ1) is 9.54. The van der Waals surface area contributed by atoms with Crippen LogP contribution in [0, 0.1) is 6.92 Å². The van der Waals surface area contributed by atoms with Gasteiger partial charge in [-0.3, -0.25) is 9.00 Å². The lowest BCUT2D eigenvalue weighted by Crippen LogP contribution is -2.33. The van der Waals surface area contributed by atoms with E-state index in [1.807, 2.05) is 0 Å². The van der Waals surface area contributed by atoms with E-state index in [0.29, 0.717) is 10.0 Å². The smallest absolute Gasteiger partial charge is 0.251 e. The Morgan fingerprint density at radius 1 is 1.48 bits per heavy atom. The van der Waals surface area contributed by atoms with Gasteiger partial charge in [-0.1, -0.05) is 15.9 Å². The van der Waals surface area contributed by atoms with Crippen molar-refractivity contribution in [3.8, 4) is 0 Å². The Morgan fingerprint density at radius 3 is 2.52 bits per heavy atom. The van der Waals surface area contributed by atoms with Crippen LogP contribution in [0.15, 0.2) is 21.5 Å². The molecule has 0 radical (unpaired) electrons. The lowest BCUT2D eigenvalue weighted by atomic mass is 10.1. The molecule has 118 valence electrons. The van der Waals surface area contributed by atoms with Gasteiger partial charge in [-0.15, -0.1) is 0 Å². The maximum atomic E-state index is 12.2. The van der Waals surface area contributed by atoms with Crippen LogP contribution in [0.5, 0.6) is 0 Å². The van der Waals surface area contributed by atoms with Crippen molar-refractivity contribution in [3.63, 3.8) is 0 Å². The maximum Gasteiger partial charge on any atom is 0.251 e. The lowest BCUT2D eigenvalue weighted by molar-refractivity contribution is 0.0953. The molecule has 0 aliphatic heterocycles. The molecule has 1 rings (SSSR count). The van der Waals surface area contributed by atoms with Crippen molar-refractivity contribution in [1.29, 1.82) is 0 Å². The molecule has 2 unspecified atom stereocenters. The molecule has 6 nitrogen and oxygen atoms in total. The Kier molecular flexibility index (Phi) is 6.09. The molecule has 0 heterocycles. The van der Waals surface area contributed by atoms with Crippen molar-refractivity contribution in [2.45, 2.75) is 24.0 Å². The van der Waals surface area contributed by atoms with E-state index in [2.05, 4.69) is 21.2 Å². The molecular weight excluding hydrogens is 380 g/mol. The van der Waals surface area contributed by atoms with Crippen LogP contribution in [-0.4, -0.2) is 36.6 Å². The second kappa shape index (κ2) is 6.99. The molecule has 0 aliphatic carbocycles. The summed E-state index contributed by atoms with van der Waals surface area (Å²) in [4.78, 5) is 12.0. The number of amides is 1. The van der Waals surface area contributed by atoms with Crippen LogP contribution >= 0.6 is 15.9 Å². The monoisotopic (exact) mass is 396 g/mol. The summed E-state index contributed by atoms with van der Waals surface area (Å²) in [6, 6.07) is 2.59. The normalized spacial score (nSPS) is 14.5. The van der Waals surface area contributed by atoms with Crippen LogP contribution in [-0.2, 0) is 20.8 Å². The maximum absolute atomic E-state index is 12.2. The molecule has 9 heteroatoms. The minimum absolute atomic E-state index is 0.141. The van der Waals surface area contributed by atoms with Gasteiger partial charge in [0.2, 0.25) is 10.0 Å². The van der Waals surface area contributed by atoms with Gasteiger partial charge in [-0.05, 0) is 31.5 Å². The summed E-state index contributed by atoms with van der Waals surface area (Å²) in [5.41, 5.74) is 0.813. The van der Waals surface area contributed by atoms with Gasteiger partial charge in [-0.25, -0.2) is 13.6 Å². The molecule has 21 heavy (non-hydrogen) atoms. The molecule has 1 aromatic carbocycles. The topological polar surface area (TPSA) is 106 Å². The Hall–Kier alpha value is -0.770. The molecule has 0 aromatic heterocycles. The molecule has 0 fully saturated rings. The number of carbonyl (C=O) groups is 1. The van der Waals surface area contributed by atoms with Crippen molar-refractivity contribution < 1.29 is 17.4 Å². The molecule has 0 saturated carbocycles. The highest BCUT2D eigenvalue weighted by Gasteiger charge is 2.18. The fraction of sp³-hybridized carbons (Fsp3) is 0.417. The van der Waals surface area contributed by atoms with Crippen LogP contribution < -0.4 is 10.5 Å². The second-order valence-electron chi connectivity index (χ2n) is 4.64. The molecule has 0 bridgehead atoms. The number of rotatable bonds is 5. The molecule has 2 atom stereocenters. The zero-order chi connectivity index (χ0) is 16.4. The number of nitrogens with one attached hydrogen (secondary N) is 1. The SMILES string of the molecule is Cc1c(Br)cc(S(N)(=O)=O)cc1C(=O)NCC(C)S(C)=O. The fourth-order valence-corrected chi connectivity index (χ4v) is 3.00. The number of hydrogen-bond acceptors (Lipinski definition) is 4. The number of nitrogens with two attached hydrogens (primary N) is 1. The molecule has 3 N–H and O–H groups in total. The summed E-state index contributed by atoms with van der Waals surface area (Å²) in [6.45, 7) is 3.67. The van der Waals surface area contributed by atoms with Gasteiger partial charge in [-0.2, -0.15) is 0 Å². The first-order valence-corrected chi connectivity index (χ1v) is 9.93. The minimum Gasteiger partial charge on any atom is -0.351 e. The summed E-state index contributed by atoms with van der Waals surface area (Å²) >= 11 is 3.21. The molecule has 1 aromatic rings. The third-order valence-electron chi connectivity index (χ3n) is 3.01. The van der Waals surface area contributed by atoms with Crippen LogP contribution in [0.1, 0.15) is 22.8 Å². The first kappa shape index (κ1) is 18.3. The summed E-state index contributed by atoms with van der Waals surface area (Å²) < 4.78 is 34.6. The van der Waals surface area contributed by atoms with E-state index in [0.717, 1.165) is 0 Å². The summed E-state index contributed by atoms with van der Waals surface area (Å²) in [6.07, 6.45) is 1.56. The number of primary sulfonamides is 1. The molecule has 0 aliphatic rings. The van der Waals surface area contributed by atoms with E-state index in [4.69, 9.17) is 5.14 Å². The molecular formula is C12H17BrN2O4S2. The number of sulfonamides is 1.